The third-order valence-electron chi connectivity index (χ3n) is 7.56. The summed E-state index contributed by atoms with van der Waals surface area (Å²) in [6, 6.07) is 37.7. The molecule has 0 unspecified atom stereocenters. The number of primary amides is 1. The van der Waals surface area contributed by atoms with Crippen molar-refractivity contribution in [3.05, 3.63) is 139 Å². The largest absolute Gasteiger partial charge is 0.492 e. The van der Waals surface area contributed by atoms with E-state index in [0.717, 1.165) is 27.0 Å². The molecule has 0 fully saturated rings. The van der Waals surface area contributed by atoms with Gasteiger partial charge in [0.15, 0.2) is 0 Å². The minimum absolute atomic E-state index is 0.0411. The number of benzene rings is 5. The molecule has 0 aliphatic rings. The van der Waals surface area contributed by atoms with Crippen molar-refractivity contribution in [1.29, 1.82) is 0 Å². The molecule has 5 aromatic rings. The lowest BCUT2D eigenvalue weighted by atomic mass is 10.1. The summed E-state index contributed by atoms with van der Waals surface area (Å²) in [7, 11) is -2.60. The van der Waals surface area contributed by atoms with E-state index in [1.165, 1.54) is 0 Å². The first-order valence-electron chi connectivity index (χ1n) is 14.4. The first-order chi connectivity index (χ1) is 21.6. The molecule has 0 heterocycles. The van der Waals surface area contributed by atoms with Gasteiger partial charge in [0.2, 0.25) is 21.8 Å². The number of rotatable bonds is 12. The van der Waals surface area contributed by atoms with E-state index in [1.54, 1.807) is 30.3 Å². The Balaban J connectivity index is 1.43. The lowest BCUT2D eigenvalue weighted by molar-refractivity contribution is 0.1000. The van der Waals surface area contributed by atoms with Gasteiger partial charge in [-0.05, 0) is 60.7 Å². The van der Waals surface area contributed by atoms with Crippen molar-refractivity contribution in [2.24, 2.45) is 5.73 Å². The van der Waals surface area contributed by atoms with Crippen LogP contribution < -0.4 is 36.6 Å². The van der Waals surface area contributed by atoms with E-state index in [-0.39, 0.29) is 23.9 Å². The first kappa shape index (κ1) is 31.7. The van der Waals surface area contributed by atoms with Gasteiger partial charge in [0, 0.05) is 49.2 Å². The quantitative estimate of drug-likeness (QED) is 0.0921. The number of nitrogens with zero attached hydrogens (tertiary/aromatic N) is 1. The summed E-state index contributed by atoms with van der Waals surface area (Å²) in [5.41, 5.74) is 6.83. The smallest absolute Gasteiger partial charge is 0.248 e. The third-order valence-corrected chi connectivity index (χ3v) is 13.0. The van der Waals surface area contributed by atoms with Crippen molar-refractivity contribution in [2.75, 3.05) is 32.1 Å². The number of anilines is 1. The van der Waals surface area contributed by atoms with Gasteiger partial charge in [0.1, 0.15) is 29.0 Å². The van der Waals surface area contributed by atoms with Crippen LogP contribution in [-0.2, 0) is 10.0 Å². The predicted molar refractivity (Wildman–Crippen MR) is 186 cm³/mol. The highest BCUT2D eigenvalue weighted by Crippen LogP contribution is 2.57. The molecule has 0 aromatic heterocycles. The lowest BCUT2D eigenvalue weighted by Gasteiger charge is -2.24. The van der Waals surface area contributed by atoms with Crippen molar-refractivity contribution >= 4 is 55.6 Å². The van der Waals surface area contributed by atoms with Gasteiger partial charge in [-0.1, -0.05) is 60.7 Å². The highest BCUT2D eigenvalue weighted by Gasteiger charge is 2.44. The first-order valence-corrected chi connectivity index (χ1v) is 17.7. The molecule has 230 valence electrons. The molecule has 1 amide bonds. The summed E-state index contributed by atoms with van der Waals surface area (Å²) in [6.07, 6.45) is 0. The topological polar surface area (TPSA) is 125 Å². The fourth-order valence-electron chi connectivity index (χ4n) is 5.43. The summed E-state index contributed by atoms with van der Waals surface area (Å²) in [6.45, 7) is 0.179. The minimum atomic E-state index is -3.84. The number of carbonyl (C=O) groups excluding carboxylic acids is 1. The average molecular weight is 640 g/mol. The minimum Gasteiger partial charge on any atom is -0.492 e. The Labute approximate surface area is 264 Å². The zero-order valence-electron chi connectivity index (χ0n) is 25.1. The zero-order valence-corrected chi connectivity index (χ0v) is 26.8. The number of hydrogen-bond acceptors (Lipinski definition) is 6. The van der Waals surface area contributed by atoms with Crippen molar-refractivity contribution in [3.8, 4) is 0 Å². The molecular weight excluding hydrogens is 603 g/mol. The number of sulfonamides is 1. The van der Waals surface area contributed by atoms with E-state index in [4.69, 9.17) is 5.73 Å². The molecule has 0 radical (unpaired) electrons. The van der Waals surface area contributed by atoms with Gasteiger partial charge < -0.3 is 21.1 Å². The van der Waals surface area contributed by atoms with Gasteiger partial charge in [0.05, 0.1) is 4.90 Å². The normalized spacial score (nSPS) is 12.2. The van der Waals surface area contributed by atoms with Crippen LogP contribution >= 0.6 is 7.26 Å². The van der Waals surface area contributed by atoms with Gasteiger partial charge in [0.25, 0.3) is 0 Å². The maximum atomic E-state index is 13.4. The molecule has 0 bridgehead atoms. The predicted octanol–water partition coefficient (Wildman–Crippen LogP) is 4.22. The second-order valence-corrected chi connectivity index (χ2v) is 15.7. The standard InChI is InChI=1S/C35H35N4O4PS/c1-39(2)32-17-9-16-31-30(32)15-10-18-33(31)45(42,43)38-24-23-37-34(40)25-44(27-11-5-3-6-12-27,28-13-7-4-8-14-28)29-21-19-26(20-22-29)35(36)41/h3-22,25,37-38H,23-24H2,1-2H3,(H2-,36,40,41)/p+1/b34-25-. The number of nitrogens with one attached hydrogen (secondary N) is 2. The van der Waals surface area contributed by atoms with E-state index in [2.05, 4.69) is 10.0 Å². The van der Waals surface area contributed by atoms with Crippen LogP contribution in [0.4, 0.5) is 5.69 Å². The Bertz CT molecular complexity index is 1890. The van der Waals surface area contributed by atoms with Crippen molar-refractivity contribution in [1.82, 2.24) is 10.0 Å². The Hall–Kier alpha value is -4.69. The fourth-order valence-corrected chi connectivity index (χ4v) is 10.4. The summed E-state index contributed by atoms with van der Waals surface area (Å²) >= 11 is 0. The van der Waals surface area contributed by atoms with Crippen molar-refractivity contribution < 1.29 is 18.3 Å². The molecule has 0 saturated carbocycles. The summed E-state index contributed by atoms with van der Waals surface area (Å²) < 4.78 is 29.4. The average Bonchev–Trinajstić information content (AvgIpc) is 3.06. The zero-order chi connectivity index (χ0) is 32.0. The molecule has 0 saturated heterocycles. The van der Waals surface area contributed by atoms with Crippen LogP contribution in [0, 0.1) is 0 Å². The van der Waals surface area contributed by atoms with Gasteiger partial charge in [-0.15, -0.1) is 0 Å². The van der Waals surface area contributed by atoms with Gasteiger partial charge >= 0.3 is 0 Å². The second-order valence-electron chi connectivity index (χ2n) is 10.7. The Kier molecular flexibility index (Phi) is 9.54. The van der Waals surface area contributed by atoms with Crippen molar-refractivity contribution in [2.45, 2.75) is 4.90 Å². The molecule has 5 N–H and O–H groups in total. The van der Waals surface area contributed by atoms with Crippen LogP contribution in [-0.4, -0.2) is 46.6 Å². The van der Waals surface area contributed by atoms with E-state index < -0.39 is 23.2 Å². The van der Waals surface area contributed by atoms with Crippen LogP contribution in [0.5, 0.6) is 0 Å². The van der Waals surface area contributed by atoms with Crippen molar-refractivity contribution in [3.63, 3.8) is 0 Å². The van der Waals surface area contributed by atoms with Gasteiger partial charge in [-0.3, -0.25) is 4.79 Å². The molecule has 0 aliphatic carbocycles. The van der Waals surface area contributed by atoms with Crippen LogP contribution in [0.15, 0.2) is 138 Å². The molecule has 0 spiro atoms. The Morgan fingerprint density at radius 3 is 1.89 bits per heavy atom. The van der Waals surface area contributed by atoms with E-state index in [1.807, 2.05) is 116 Å². The van der Waals surface area contributed by atoms with E-state index in [9.17, 15) is 18.3 Å². The molecule has 45 heavy (non-hydrogen) atoms. The number of carbonyl (C=O) groups is 1. The molecule has 0 aliphatic heterocycles. The number of nitrogens with two attached hydrogens (primary N) is 1. The Morgan fingerprint density at radius 1 is 0.756 bits per heavy atom. The van der Waals surface area contributed by atoms with Crippen LogP contribution in [0.2, 0.25) is 0 Å². The van der Waals surface area contributed by atoms with Crippen LogP contribution in [0.25, 0.3) is 10.8 Å². The van der Waals surface area contributed by atoms with E-state index in [0.29, 0.717) is 10.9 Å². The number of amides is 1. The lowest BCUT2D eigenvalue weighted by Crippen LogP contribution is -2.33. The summed E-state index contributed by atoms with van der Waals surface area (Å²) in [4.78, 5) is 14.0. The van der Waals surface area contributed by atoms with E-state index >= 15 is 0 Å². The Morgan fingerprint density at radius 2 is 1.31 bits per heavy atom. The fraction of sp³-hybridized carbons (Fsp3) is 0.114. The second kappa shape index (κ2) is 13.5. The van der Waals surface area contributed by atoms with Gasteiger partial charge in [-0.25, -0.2) is 13.1 Å². The molecular formula is C35H36N4O4PS+. The molecule has 5 rings (SSSR count). The summed E-state index contributed by atoms with van der Waals surface area (Å²) in [5.74, 6) is 1.21. The monoisotopic (exact) mass is 639 g/mol. The number of aliphatic hydroxyl groups excluding tert-OH is 1. The molecule has 5 aromatic carbocycles. The number of hydrogen-bond donors (Lipinski definition) is 4. The summed E-state index contributed by atoms with van der Waals surface area (Å²) in [5, 5.41) is 18.7. The number of fused-ring (bicyclic) bond motifs is 1. The SMILES string of the molecule is CN(C)c1cccc2c(S(=O)(=O)NCCN/C(O)=C/[P+](c3ccccc3)(c3ccccc3)c3ccc(C(N)=O)cc3)cccc12. The van der Waals surface area contributed by atoms with Gasteiger partial charge in [-0.2, -0.15) is 0 Å². The number of aliphatic hydroxyl groups is 1. The van der Waals surface area contributed by atoms with Crippen LogP contribution in [0.1, 0.15) is 10.4 Å². The maximum Gasteiger partial charge on any atom is 0.248 e. The third kappa shape index (κ3) is 6.71. The highest BCUT2D eigenvalue weighted by molar-refractivity contribution is 7.98. The highest BCUT2D eigenvalue weighted by atomic mass is 32.2. The molecule has 0 atom stereocenters. The molecule has 8 nitrogen and oxygen atoms in total. The van der Waals surface area contributed by atoms with Crippen LogP contribution in [0.3, 0.4) is 0 Å². The maximum absolute atomic E-state index is 13.4. The molecule has 10 heteroatoms.